The van der Waals surface area contributed by atoms with Gasteiger partial charge in [-0.3, -0.25) is 0 Å². The molecule has 0 unspecified atom stereocenters. The monoisotopic (exact) mass is 249 g/mol. The Bertz CT molecular complexity index is 538. The molecule has 0 atom stereocenters. The molecule has 0 radical (unpaired) electrons. The number of anilines is 1. The minimum Gasteiger partial charge on any atom is -0.378 e. The van der Waals surface area contributed by atoms with Crippen LogP contribution in [0.5, 0.6) is 0 Å². The van der Waals surface area contributed by atoms with Crippen LogP contribution in [-0.2, 0) is 4.74 Å². The van der Waals surface area contributed by atoms with Crippen molar-refractivity contribution >= 4 is 21.6 Å². The lowest BCUT2D eigenvalue weighted by Gasteiger charge is -2.29. The normalized spacial score (nSPS) is 42.1. The molecular formula is C10H12BrNO. The fourth-order valence-electron chi connectivity index (χ4n) is 0.944. The van der Waals surface area contributed by atoms with Crippen molar-refractivity contribution in [1.29, 1.82) is 0 Å². The van der Waals surface area contributed by atoms with E-state index < -0.39 is 26.1 Å². The van der Waals surface area contributed by atoms with Gasteiger partial charge < -0.3 is 9.64 Å². The molecule has 13 heavy (non-hydrogen) atoms. The first kappa shape index (κ1) is 3.55. The summed E-state index contributed by atoms with van der Waals surface area (Å²) in [4.78, 5) is 0.438. The first-order chi connectivity index (χ1) is 9.34. The topological polar surface area (TPSA) is 12.5 Å². The van der Waals surface area contributed by atoms with Gasteiger partial charge in [-0.15, -0.1) is 0 Å². The molecule has 0 saturated carbocycles. The molecule has 1 aromatic carbocycles. The third-order valence-corrected chi connectivity index (χ3v) is 2.18. The minimum atomic E-state index is -3.04. The van der Waals surface area contributed by atoms with Gasteiger partial charge in [0.05, 0.1) is 29.8 Å². The van der Waals surface area contributed by atoms with E-state index in [9.17, 15) is 0 Å². The van der Waals surface area contributed by atoms with E-state index >= 15 is 0 Å². The second-order valence-electron chi connectivity index (χ2n) is 2.32. The molecule has 1 fully saturated rings. The van der Waals surface area contributed by atoms with Crippen LogP contribution in [-0.4, -0.2) is 26.1 Å². The zero-order valence-corrected chi connectivity index (χ0v) is 8.13. The molecule has 0 spiro atoms. The standard InChI is InChI=1S/C10H12BrNO/c11-9-3-1-2-4-10(9)12-5-7-13-8-6-12/h1-4H,5-8H2/i5D2,6D2,7D2,8D2. The average molecular weight is 250 g/mol. The molecule has 1 aromatic rings. The Hall–Kier alpha value is -0.540. The Morgan fingerprint density at radius 1 is 1.31 bits per heavy atom. The molecule has 3 heteroatoms. The van der Waals surface area contributed by atoms with Crippen LogP contribution in [0.3, 0.4) is 0 Å². The second-order valence-corrected chi connectivity index (χ2v) is 3.17. The lowest BCUT2D eigenvalue weighted by molar-refractivity contribution is 0.122. The highest BCUT2D eigenvalue weighted by Crippen LogP contribution is 2.25. The first-order valence-electron chi connectivity index (χ1n) is 7.60. The second kappa shape index (κ2) is 4.11. The van der Waals surface area contributed by atoms with Crippen LogP contribution >= 0.6 is 15.9 Å². The van der Waals surface area contributed by atoms with Crippen molar-refractivity contribution in [3.63, 3.8) is 0 Å². The summed E-state index contributed by atoms with van der Waals surface area (Å²) in [5, 5.41) is 0. The van der Waals surface area contributed by atoms with Gasteiger partial charge in [0, 0.05) is 17.5 Å². The highest BCUT2D eigenvalue weighted by atomic mass is 79.9. The molecule has 2 nitrogen and oxygen atoms in total. The predicted molar refractivity (Wildman–Crippen MR) is 57.2 cm³/mol. The summed E-state index contributed by atoms with van der Waals surface area (Å²) in [6.45, 7) is -11.9. The van der Waals surface area contributed by atoms with Crippen LogP contribution in [0.15, 0.2) is 28.7 Å². The highest BCUT2D eigenvalue weighted by Gasteiger charge is 2.12. The minimum absolute atomic E-state index is 0.0106. The molecule has 0 N–H and O–H groups in total. The van der Waals surface area contributed by atoms with E-state index in [-0.39, 0.29) is 5.69 Å². The summed E-state index contributed by atoms with van der Waals surface area (Å²) < 4.78 is 66.9. The maximum atomic E-state index is 7.92. The lowest BCUT2D eigenvalue weighted by atomic mass is 10.3. The van der Waals surface area contributed by atoms with Crippen LogP contribution in [0.25, 0.3) is 0 Å². The van der Waals surface area contributed by atoms with Crippen LogP contribution in [0.4, 0.5) is 5.69 Å². The average Bonchev–Trinajstić information content (AvgIpc) is 2.28. The number of morpholine rings is 1. The van der Waals surface area contributed by atoms with Crippen molar-refractivity contribution in [2.45, 2.75) is 0 Å². The summed E-state index contributed by atoms with van der Waals surface area (Å²) in [6, 6.07) is 6.05. The van der Waals surface area contributed by atoms with Crippen LogP contribution in [0.2, 0.25) is 0 Å². The maximum Gasteiger partial charge on any atom is 0.0642 e. The molecule has 2 rings (SSSR count). The highest BCUT2D eigenvalue weighted by molar-refractivity contribution is 9.10. The van der Waals surface area contributed by atoms with E-state index in [4.69, 9.17) is 11.0 Å². The molecule has 1 saturated heterocycles. The smallest absolute Gasteiger partial charge is 0.0642 e. The van der Waals surface area contributed by atoms with E-state index in [1.165, 1.54) is 18.2 Å². The van der Waals surface area contributed by atoms with E-state index in [1.54, 1.807) is 6.07 Å². The van der Waals surface area contributed by atoms with Gasteiger partial charge in [-0.1, -0.05) is 12.1 Å². The van der Waals surface area contributed by atoms with E-state index in [2.05, 4.69) is 20.7 Å². The van der Waals surface area contributed by atoms with Crippen molar-refractivity contribution in [3.05, 3.63) is 28.7 Å². The number of rotatable bonds is 1. The molecule has 0 aliphatic carbocycles. The molecule has 0 bridgehead atoms. The SMILES string of the molecule is [2H]C1([2H])OC([2H])([2H])C([2H])([2H])N(c2ccccc2Br)C1([2H])[2H]. The summed E-state index contributed by atoms with van der Waals surface area (Å²) in [5.74, 6) is 0. The van der Waals surface area contributed by atoms with Gasteiger partial charge in [0.25, 0.3) is 0 Å². The molecule has 0 aromatic heterocycles. The van der Waals surface area contributed by atoms with Gasteiger partial charge >= 0.3 is 0 Å². The molecule has 70 valence electrons. The number of benzene rings is 1. The van der Waals surface area contributed by atoms with Gasteiger partial charge in [-0.05, 0) is 28.1 Å². The number of hydrogen-bond acceptors (Lipinski definition) is 2. The number of nitrogens with zero attached hydrogens (tertiary/aromatic N) is 1. The zero-order chi connectivity index (χ0) is 16.3. The molecular weight excluding hydrogens is 230 g/mol. The quantitative estimate of drug-likeness (QED) is 0.758. The van der Waals surface area contributed by atoms with Gasteiger partial charge in [-0.2, -0.15) is 0 Å². The van der Waals surface area contributed by atoms with Gasteiger partial charge in [0.1, 0.15) is 0 Å². The summed E-state index contributed by atoms with van der Waals surface area (Å²) in [6.07, 6.45) is 0. The first-order valence-corrected chi connectivity index (χ1v) is 4.39. The summed E-state index contributed by atoms with van der Waals surface area (Å²) in [5.41, 5.74) is -0.0106. The number of ether oxygens (including phenoxy) is 1. The Morgan fingerprint density at radius 2 is 2.00 bits per heavy atom. The Balaban J connectivity index is 2.71. The van der Waals surface area contributed by atoms with Crippen LogP contribution < -0.4 is 4.90 Å². The summed E-state index contributed by atoms with van der Waals surface area (Å²) >= 11 is 3.15. The molecule has 1 aliphatic rings. The van der Waals surface area contributed by atoms with E-state index in [0.717, 1.165) is 0 Å². The van der Waals surface area contributed by atoms with E-state index in [1.807, 2.05) is 0 Å². The summed E-state index contributed by atoms with van der Waals surface area (Å²) in [7, 11) is 0. The third-order valence-electron chi connectivity index (χ3n) is 1.51. The maximum absolute atomic E-state index is 7.92. The third kappa shape index (κ3) is 2.03. The fourth-order valence-corrected chi connectivity index (χ4v) is 1.41. The Labute approximate surface area is 97.9 Å². The molecule has 1 aliphatic heterocycles. The van der Waals surface area contributed by atoms with Crippen LogP contribution in [0.1, 0.15) is 11.0 Å². The molecule has 1 heterocycles. The lowest BCUT2D eigenvalue weighted by Crippen LogP contribution is -2.36. The molecule has 0 amide bonds. The zero-order valence-electron chi connectivity index (χ0n) is 14.5. The largest absolute Gasteiger partial charge is 0.378 e. The number of para-hydroxylation sites is 1. The van der Waals surface area contributed by atoms with Gasteiger partial charge in [-0.25, -0.2) is 0 Å². The van der Waals surface area contributed by atoms with Crippen molar-refractivity contribution < 1.29 is 15.7 Å². The Kier molecular flexibility index (Phi) is 1.12. The van der Waals surface area contributed by atoms with Crippen LogP contribution in [0, 0.1) is 0 Å². The van der Waals surface area contributed by atoms with Gasteiger partial charge in [0.15, 0.2) is 0 Å². The van der Waals surface area contributed by atoms with Gasteiger partial charge in [0.2, 0.25) is 0 Å². The van der Waals surface area contributed by atoms with Crippen molar-refractivity contribution in [1.82, 2.24) is 0 Å². The number of halogens is 1. The van der Waals surface area contributed by atoms with Crippen molar-refractivity contribution in [2.75, 3.05) is 31.0 Å². The van der Waals surface area contributed by atoms with Crippen molar-refractivity contribution in [3.8, 4) is 0 Å². The fraction of sp³-hybridized carbons (Fsp3) is 0.400. The van der Waals surface area contributed by atoms with Crippen molar-refractivity contribution in [2.24, 2.45) is 0 Å². The Morgan fingerprint density at radius 3 is 2.69 bits per heavy atom. The predicted octanol–water partition coefficient (Wildman–Crippen LogP) is 2.29. The van der Waals surface area contributed by atoms with E-state index in [0.29, 0.717) is 9.37 Å². The number of hydrogen-bond donors (Lipinski definition) is 0.